The molecule has 9 nitrogen and oxygen atoms in total. The Balaban J connectivity index is 1.36. The summed E-state index contributed by atoms with van der Waals surface area (Å²) in [5.74, 6) is -1.71. The number of benzene rings is 3. The lowest BCUT2D eigenvalue weighted by atomic mass is 9.93. The average Bonchev–Trinajstić information content (AvgIpc) is 3.45. The van der Waals surface area contributed by atoms with Gasteiger partial charge in [0.15, 0.2) is 0 Å². The normalized spacial score (nSPS) is 17.4. The number of halogens is 3. The quantitative estimate of drug-likeness (QED) is 0.363. The summed E-state index contributed by atoms with van der Waals surface area (Å²) in [7, 11) is -7.75. The number of carbonyl (C=O) groups is 2. The van der Waals surface area contributed by atoms with Crippen molar-refractivity contribution in [3.63, 3.8) is 0 Å². The first-order valence-corrected chi connectivity index (χ1v) is 16.3. The molecule has 2 amide bonds. The number of amides is 2. The largest absolute Gasteiger partial charge is 0.501 e. The van der Waals surface area contributed by atoms with Gasteiger partial charge in [-0.1, -0.05) is 61.0 Å². The van der Waals surface area contributed by atoms with Crippen LogP contribution in [0, 0.1) is 11.8 Å². The minimum absolute atomic E-state index is 0.00649. The third-order valence-electron chi connectivity index (χ3n) is 7.43. The van der Waals surface area contributed by atoms with Gasteiger partial charge in [0, 0.05) is 37.5 Å². The van der Waals surface area contributed by atoms with Gasteiger partial charge in [-0.05, 0) is 47.7 Å². The number of sulfone groups is 1. The second-order valence-electron chi connectivity index (χ2n) is 10.4. The van der Waals surface area contributed by atoms with Crippen molar-refractivity contribution in [2.75, 3.05) is 7.05 Å². The molecule has 1 fully saturated rings. The predicted molar refractivity (Wildman–Crippen MR) is 152 cm³/mol. The molecule has 0 spiro atoms. The lowest BCUT2D eigenvalue weighted by molar-refractivity contribution is -0.140. The van der Waals surface area contributed by atoms with Crippen LogP contribution in [-0.4, -0.2) is 46.1 Å². The Morgan fingerprint density at radius 2 is 1.47 bits per heavy atom. The van der Waals surface area contributed by atoms with Crippen molar-refractivity contribution in [2.24, 2.45) is 17.0 Å². The minimum Gasteiger partial charge on any atom is -0.352 e. The molecule has 0 aliphatic heterocycles. The summed E-state index contributed by atoms with van der Waals surface area (Å²) in [6.45, 7) is 0.216. The highest BCUT2D eigenvalue weighted by Crippen LogP contribution is 2.34. The molecule has 14 heteroatoms. The van der Waals surface area contributed by atoms with Crippen LogP contribution in [0.15, 0.2) is 82.6 Å². The molecular formula is C29H30F3N3O6S2. The second-order valence-corrected chi connectivity index (χ2v) is 13.9. The van der Waals surface area contributed by atoms with Crippen molar-refractivity contribution in [3.05, 3.63) is 83.9 Å². The molecule has 1 saturated carbocycles. The fraction of sp³-hybridized carbons (Fsp3) is 0.310. The molecular weight excluding hydrogens is 607 g/mol. The molecule has 0 saturated heterocycles. The van der Waals surface area contributed by atoms with Crippen molar-refractivity contribution >= 4 is 31.7 Å². The number of nitrogens with two attached hydrogens (primary N) is 1. The topological polar surface area (TPSA) is 144 Å². The van der Waals surface area contributed by atoms with Gasteiger partial charge >= 0.3 is 5.51 Å². The zero-order chi connectivity index (χ0) is 31.6. The summed E-state index contributed by atoms with van der Waals surface area (Å²) in [6, 6.07) is 17.5. The number of hydrogen-bond acceptors (Lipinski definition) is 6. The highest BCUT2D eigenvalue weighted by molar-refractivity contribution is 7.92. The lowest BCUT2D eigenvalue weighted by Gasteiger charge is -2.25. The van der Waals surface area contributed by atoms with Gasteiger partial charge in [0.2, 0.25) is 21.8 Å². The third-order valence-corrected chi connectivity index (χ3v) is 9.90. The molecule has 230 valence electrons. The van der Waals surface area contributed by atoms with Crippen LogP contribution in [0.1, 0.15) is 30.4 Å². The summed E-state index contributed by atoms with van der Waals surface area (Å²) < 4.78 is 85.3. The van der Waals surface area contributed by atoms with E-state index in [1.807, 2.05) is 0 Å². The second kappa shape index (κ2) is 12.5. The van der Waals surface area contributed by atoms with E-state index in [0.29, 0.717) is 36.0 Å². The van der Waals surface area contributed by atoms with Gasteiger partial charge < -0.3 is 10.2 Å². The number of nitrogens with zero attached hydrogens (tertiary/aromatic N) is 1. The predicted octanol–water partition coefficient (Wildman–Crippen LogP) is 3.99. The van der Waals surface area contributed by atoms with Crippen molar-refractivity contribution in [1.29, 1.82) is 0 Å². The smallest absolute Gasteiger partial charge is 0.352 e. The van der Waals surface area contributed by atoms with Crippen LogP contribution in [0.4, 0.5) is 13.2 Å². The average molecular weight is 638 g/mol. The highest BCUT2D eigenvalue weighted by Gasteiger charge is 2.46. The van der Waals surface area contributed by atoms with Crippen molar-refractivity contribution in [3.8, 4) is 11.1 Å². The van der Waals surface area contributed by atoms with E-state index in [0.717, 1.165) is 17.7 Å². The summed E-state index contributed by atoms with van der Waals surface area (Å²) in [6.07, 6.45) is 1.69. The van der Waals surface area contributed by atoms with Gasteiger partial charge in [0.05, 0.1) is 9.79 Å². The van der Waals surface area contributed by atoms with Crippen molar-refractivity contribution in [2.45, 2.75) is 47.7 Å². The molecule has 2 atom stereocenters. The molecule has 4 rings (SSSR count). The van der Waals surface area contributed by atoms with E-state index in [2.05, 4.69) is 5.32 Å². The number of carbonyl (C=O) groups excluding carboxylic acids is 2. The first-order valence-electron chi connectivity index (χ1n) is 13.2. The monoisotopic (exact) mass is 637 g/mol. The molecule has 0 aromatic heterocycles. The van der Waals surface area contributed by atoms with Crippen LogP contribution in [0.25, 0.3) is 11.1 Å². The SMILES string of the molecule is CN(Cc1ccc(-c2ccccc2S(N)(=O)=O)cc1)C(=O)[C@@H]1CCC[C@H]1C(=O)NCc1ccc(S(=O)(=O)C(F)(F)F)cc1. The molecule has 1 aliphatic rings. The van der Waals surface area contributed by atoms with E-state index in [1.54, 1.807) is 49.5 Å². The first-order chi connectivity index (χ1) is 20.1. The van der Waals surface area contributed by atoms with Gasteiger partial charge in [-0.2, -0.15) is 13.2 Å². The first kappa shape index (κ1) is 32.2. The Hall–Kier alpha value is -3.75. The zero-order valence-electron chi connectivity index (χ0n) is 23.0. The van der Waals surface area contributed by atoms with E-state index >= 15 is 0 Å². The summed E-state index contributed by atoms with van der Waals surface area (Å²) in [4.78, 5) is 26.9. The van der Waals surface area contributed by atoms with Gasteiger partial charge in [-0.15, -0.1) is 0 Å². The maximum Gasteiger partial charge on any atom is 0.501 e. The zero-order valence-corrected chi connectivity index (χ0v) is 24.7. The molecule has 0 heterocycles. The molecule has 3 aromatic carbocycles. The minimum atomic E-state index is -5.46. The third kappa shape index (κ3) is 7.25. The molecule has 1 aliphatic carbocycles. The Morgan fingerprint density at radius 1 is 0.884 bits per heavy atom. The van der Waals surface area contributed by atoms with Crippen LogP contribution < -0.4 is 10.5 Å². The van der Waals surface area contributed by atoms with Gasteiger partial charge in [-0.3, -0.25) is 9.59 Å². The van der Waals surface area contributed by atoms with Crippen LogP contribution >= 0.6 is 0 Å². The Bertz CT molecular complexity index is 1710. The molecule has 3 aromatic rings. The maximum absolute atomic E-state index is 13.3. The molecule has 0 bridgehead atoms. The van der Waals surface area contributed by atoms with E-state index in [4.69, 9.17) is 5.14 Å². The Labute approximate surface area is 247 Å². The number of rotatable bonds is 9. The number of alkyl halides is 3. The number of nitrogens with one attached hydrogen (secondary N) is 1. The van der Waals surface area contributed by atoms with Gasteiger partial charge in [0.1, 0.15) is 0 Å². The highest BCUT2D eigenvalue weighted by atomic mass is 32.2. The summed E-state index contributed by atoms with van der Waals surface area (Å²) in [5, 5.41) is 8.05. The van der Waals surface area contributed by atoms with Crippen molar-refractivity contribution < 1.29 is 39.6 Å². The summed E-state index contributed by atoms with van der Waals surface area (Å²) in [5.41, 5.74) is -3.11. The van der Waals surface area contributed by atoms with Crippen LogP contribution in [0.2, 0.25) is 0 Å². The Morgan fingerprint density at radius 3 is 2.07 bits per heavy atom. The molecule has 0 unspecified atom stereocenters. The van der Waals surface area contributed by atoms with Gasteiger partial charge in [-0.25, -0.2) is 22.0 Å². The van der Waals surface area contributed by atoms with Crippen LogP contribution in [-0.2, 0) is 42.5 Å². The number of sulfonamides is 1. The van der Waals surface area contributed by atoms with E-state index in [1.165, 1.54) is 23.1 Å². The molecule has 0 radical (unpaired) electrons. The lowest BCUT2D eigenvalue weighted by Crippen LogP contribution is -2.40. The fourth-order valence-corrected chi connectivity index (χ4v) is 6.71. The maximum atomic E-state index is 13.3. The van der Waals surface area contributed by atoms with E-state index in [9.17, 15) is 39.6 Å². The number of primary sulfonamides is 1. The Kier molecular flexibility index (Phi) is 9.33. The molecule has 43 heavy (non-hydrogen) atoms. The van der Waals surface area contributed by atoms with E-state index < -0.39 is 42.1 Å². The van der Waals surface area contributed by atoms with Crippen LogP contribution in [0.5, 0.6) is 0 Å². The van der Waals surface area contributed by atoms with Crippen LogP contribution in [0.3, 0.4) is 0 Å². The van der Waals surface area contributed by atoms with Gasteiger partial charge in [0.25, 0.3) is 9.84 Å². The van der Waals surface area contributed by atoms with Crippen molar-refractivity contribution in [1.82, 2.24) is 10.2 Å². The molecule has 3 N–H and O–H groups in total. The summed E-state index contributed by atoms with van der Waals surface area (Å²) >= 11 is 0. The standard InChI is InChI=1S/C29H30F3N3O6S2/c1-35(18-20-9-13-21(14-10-20)23-5-2-3-8-26(23)43(33,40)41)28(37)25-7-4-6-24(25)27(36)34-17-19-11-15-22(16-12-19)42(38,39)29(30,31)32/h2-3,5,8-16,24-25H,4,6-7,17-18H2,1H3,(H,34,36)(H2,33,40,41)/t24-,25-/m1/s1. The number of hydrogen-bond donors (Lipinski definition) is 2. The van der Waals surface area contributed by atoms with E-state index in [-0.39, 0.29) is 29.8 Å². The fourth-order valence-electron chi connectivity index (χ4n) is 5.19.